The largest absolute Gasteiger partial charge is 0.371 e. The zero-order valence-electron chi connectivity index (χ0n) is 11.1. The highest BCUT2D eigenvalue weighted by atomic mass is 79.9. The Hall–Kier alpha value is -0.870. The van der Waals surface area contributed by atoms with Gasteiger partial charge in [-0.05, 0) is 42.1 Å². The van der Waals surface area contributed by atoms with Gasteiger partial charge >= 0.3 is 0 Å². The predicted octanol–water partition coefficient (Wildman–Crippen LogP) is 4.85. The van der Waals surface area contributed by atoms with E-state index >= 15 is 0 Å². The molecule has 2 aromatic rings. The quantitative estimate of drug-likeness (QED) is 0.702. The van der Waals surface area contributed by atoms with Crippen LogP contribution in [0.5, 0.6) is 0 Å². The minimum Gasteiger partial charge on any atom is -0.371 e. The lowest BCUT2D eigenvalue weighted by atomic mass is 10.1. The zero-order valence-corrected chi connectivity index (χ0v) is 13.5. The molecular formula is C15H17BrFNS. The van der Waals surface area contributed by atoms with E-state index in [0.29, 0.717) is 11.4 Å². The van der Waals surface area contributed by atoms with Gasteiger partial charge in [0.2, 0.25) is 0 Å². The van der Waals surface area contributed by atoms with Crippen LogP contribution < -0.4 is 4.90 Å². The van der Waals surface area contributed by atoms with Gasteiger partial charge in [0.05, 0.1) is 0 Å². The van der Waals surface area contributed by atoms with E-state index in [1.807, 2.05) is 6.07 Å². The van der Waals surface area contributed by atoms with Crippen molar-refractivity contribution in [2.45, 2.75) is 24.7 Å². The predicted molar refractivity (Wildman–Crippen MR) is 84.9 cm³/mol. The molecule has 0 aliphatic rings. The van der Waals surface area contributed by atoms with Gasteiger partial charge in [0.15, 0.2) is 0 Å². The summed E-state index contributed by atoms with van der Waals surface area (Å²) in [5.41, 5.74) is 2.07. The van der Waals surface area contributed by atoms with E-state index in [-0.39, 0.29) is 5.82 Å². The fourth-order valence-corrected chi connectivity index (χ4v) is 3.38. The van der Waals surface area contributed by atoms with Gasteiger partial charge in [0.1, 0.15) is 5.82 Å². The lowest BCUT2D eigenvalue weighted by Crippen LogP contribution is -2.31. The molecule has 1 unspecified atom stereocenters. The molecule has 0 aliphatic carbocycles. The second kappa shape index (κ2) is 6.53. The second-order valence-electron chi connectivity index (χ2n) is 4.65. The van der Waals surface area contributed by atoms with Gasteiger partial charge in [-0.3, -0.25) is 0 Å². The Bertz CT molecular complexity index is 527. The highest BCUT2D eigenvalue weighted by Crippen LogP contribution is 2.26. The molecule has 19 heavy (non-hydrogen) atoms. The third-order valence-corrected chi connectivity index (χ3v) is 4.81. The van der Waals surface area contributed by atoms with Crippen molar-refractivity contribution < 1.29 is 4.39 Å². The van der Waals surface area contributed by atoms with Crippen LogP contribution in [0.25, 0.3) is 0 Å². The lowest BCUT2D eigenvalue weighted by Gasteiger charge is -2.28. The number of nitrogens with zero attached hydrogens (tertiary/aromatic N) is 1. The maximum atomic E-state index is 13.3. The van der Waals surface area contributed by atoms with Crippen molar-refractivity contribution in [1.82, 2.24) is 0 Å². The summed E-state index contributed by atoms with van der Waals surface area (Å²) in [5, 5.41) is 2.76. The molecule has 1 aromatic carbocycles. The zero-order chi connectivity index (χ0) is 13.8. The van der Waals surface area contributed by atoms with Gasteiger partial charge in [0, 0.05) is 35.4 Å². The Kier molecular flexibility index (Phi) is 4.99. The maximum Gasteiger partial charge on any atom is 0.123 e. The molecule has 0 spiro atoms. The van der Waals surface area contributed by atoms with Gasteiger partial charge < -0.3 is 4.90 Å². The summed E-state index contributed by atoms with van der Waals surface area (Å²) >= 11 is 5.21. The van der Waals surface area contributed by atoms with Crippen molar-refractivity contribution in [3.05, 3.63) is 52.0 Å². The van der Waals surface area contributed by atoms with Crippen molar-refractivity contribution in [3.8, 4) is 0 Å². The van der Waals surface area contributed by atoms with Gasteiger partial charge in [-0.15, -0.1) is 11.3 Å². The van der Waals surface area contributed by atoms with Crippen LogP contribution in [0.1, 0.15) is 17.4 Å². The van der Waals surface area contributed by atoms with Crippen LogP contribution in [0.4, 0.5) is 10.1 Å². The number of benzene rings is 1. The number of hydrogen-bond donors (Lipinski definition) is 0. The first-order valence-electron chi connectivity index (χ1n) is 6.21. The van der Waals surface area contributed by atoms with Crippen LogP contribution in [0.2, 0.25) is 0 Å². The van der Waals surface area contributed by atoms with Crippen LogP contribution in [-0.2, 0) is 11.8 Å². The van der Waals surface area contributed by atoms with E-state index < -0.39 is 0 Å². The molecule has 0 amide bonds. The van der Waals surface area contributed by atoms with Crippen LogP contribution in [0.3, 0.4) is 0 Å². The number of hydrogen-bond acceptors (Lipinski definition) is 2. The van der Waals surface area contributed by atoms with E-state index in [2.05, 4.69) is 52.3 Å². The molecule has 0 bridgehead atoms. The van der Waals surface area contributed by atoms with E-state index in [1.54, 1.807) is 17.4 Å². The first kappa shape index (κ1) is 14.5. The molecule has 2 rings (SSSR count). The summed E-state index contributed by atoms with van der Waals surface area (Å²) in [6.45, 7) is 2.20. The second-order valence-corrected chi connectivity index (χ2v) is 6.24. The monoisotopic (exact) mass is 341 g/mol. The average molecular weight is 342 g/mol. The minimum atomic E-state index is -0.183. The number of halogens is 2. The van der Waals surface area contributed by atoms with Crippen molar-refractivity contribution in [2.24, 2.45) is 0 Å². The van der Waals surface area contributed by atoms with Crippen molar-refractivity contribution in [1.29, 1.82) is 0 Å². The van der Waals surface area contributed by atoms with E-state index in [4.69, 9.17) is 0 Å². The first-order chi connectivity index (χ1) is 9.11. The molecule has 0 N–H and O–H groups in total. The summed E-state index contributed by atoms with van der Waals surface area (Å²) in [6, 6.07) is 9.59. The maximum absolute atomic E-state index is 13.3. The normalized spacial score (nSPS) is 12.4. The molecule has 0 saturated carbocycles. The van der Waals surface area contributed by atoms with Crippen molar-refractivity contribution in [2.75, 3.05) is 11.9 Å². The summed E-state index contributed by atoms with van der Waals surface area (Å²) in [7, 11) is 2.07. The average Bonchev–Trinajstić information content (AvgIpc) is 2.90. The van der Waals surface area contributed by atoms with Crippen LogP contribution in [0.15, 0.2) is 35.7 Å². The first-order valence-corrected chi connectivity index (χ1v) is 8.21. The fraction of sp³-hybridized carbons (Fsp3) is 0.333. The highest BCUT2D eigenvalue weighted by molar-refractivity contribution is 9.08. The number of anilines is 1. The lowest BCUT2D eigenvalue weighted by molar-refractivity contribution is 0.624. The van der Waals surface area contributed by atoms with Crippen LogP contribution in [-0.4, -0.2) is 13.1 Å². The molecule has 1 atom stereocenters. The molecule has 0 fully saturated rings. The van der Waals surface area contributed by atoms with Gasteiger partial charge in [-0.25, -0.2) is 4.39 Å². The molecule has 1 nitrogen and oxygen atoms in total. The van der Waals surface area contributed by atoms with E-state index in [1.165, 1.54) is 10.9 Å². The van der Waals surface area contributed by atoms with Crippen LogP contribution in [0, 0.1) is 5.82 Å². The summed E-state index contributed by atoms with van der Waals surface area (Å²) < 4.78 is 13.3. The molecule has 1 aromatic heterocycles. The van der Waals surface area contributed by atoms with Crippen LogP contribution >= 0.6 is 27.3 Å². The molecule has 4 heteroatoms. The van der Waals surface area contributed by atoms with E-state index in [9.17, 15) is 4.39 Å². The molecule has 0 radical (unpaired) electrons. The molecule has 1 heterocycles. The Morgan fingerprint density at radius 3 is 2.79 bits per heavy atom. The van der Waals surface area contributed by atoms with Gasteiger partial charge in [-0.1, -0.05) is 22.0 Å². The topological polar surface area (TPSA) is 3.24 Å². The van der Waals surface area contributed by atoms with Crippen molar-refractivity contribution in [3.63, 3.8) is 0 Å². The Morgan fingerprint density at radius 2 is 2.16 bits per heavy atom. The Morgan fingerprint density at radius 1 is 1.37 bits per heavy atom. The van der Waals surface area contributed by atoms with Gasteiger partial charge in [0.25, 0.3) is 0 Å². The van der Waals surface area contributed by atoms with E-state index in [0.717, 1.165) is 17.7 Å². The molecular weight excluding hydrogens is 325 g/mol. The van der Waals surface area contributed by atoms with Gasteiger partial charge in [-0.2, -0.15) is 0 Å². The SMILES string of the molecule is CC(Cc1cccs1)N(C)c1ccc(F)cc1CBr. The smallest absolute Gasteiger partial charge is 0.123 e. The number of rotatable bonds is 5. The summed E-state index contributed by atoms with van der Waals surface area (Å²) in [5.74, 6) is -0.183. The Labute approximate surface area is 126 Å². The van der Waals surface area contributed by atoms with Crippen molar-refractivity contribution >= 4 is 33.0 Å². The summed E-state index contributed by atoms with van der Waals surface area (Å²) in [4.78, 5) is 3.59. The Balaban J connectivity index is 2.16. The third-order valence-electron chi connectivity index (χ3n) is 3.30. The standard InChI is InChI=1S/C15H17BrFNS/c1-11(8-14-4-3-7-19-14)18(2)15-6-5-13(17)9-12(15)10-16/h3-7,9,11H,8,10H2,1-2H3. The summed E-state index contributed by atoms with van der Waals surface area (Å²) in [6.07, 6.45) is 1.01. The molecule has 0 aliphatic heterocycles. The number of likely N-dealkylation sites (N-methyl/N-ethyl adjacent to an activating group) is 1. The molecule has 102 valence electrons. The highest BCUT2D eigenvalue weighted by Gasteiger charge is 2.14. The fourth-order valence-electron chi connectivity index (χ4n) is 2.10. The minimum absolute atomic E-state index is 0.183. The number of alkyl halides is 1. The number of thiophene rings is 1. The molecule has 0 saturated heterocycles. The third kappa shape index (κ3) is 3.57.